The maximum absolute atomic E-state index is 11.8. The maximum atomic E-state index is 11.8. The second-order valence-corrected chi connectivity index (χ2v) is 3.78. The minimum atomic E-state index is -1.66. The fraction of sp³-hybridized carbons (Fsp3) is 0.800. The summed E-state index contributed by atoms with van der Waals surface area (Å²) in [5, 5.41) is 19.0. The van der Waals surface area contributed by atoms with Crippen LogP contribution >= 0.6 is 0 Å². The van der Waals surface area contributed by atoms with Gasteiger partial charge in [0.2, 0.25) is 11.6 Å². The fourth-order valence-corrected chi connectivity index (χ4v) is 1.76. The van der Waals surface area contributed by atoms with Crippen LogP contribution in [-0.4, -0.2) is 54.0 Å². The fourth-order valence-electron chi connectivity index (χ4n) is 1.76. The molecule has 0 radical (unpaired) electrons. The first-order valence-electron chi connectivity index (χ1n) is 4.99. The number of ketones is 2. The Bertz CT molecular complexity index is 283. The largest absolute Gasteiger partial charge is 0.389 e. The van der Waals surface area contributed by atoms with E-state index in [9.17, 15) is 19.8 Å². The molecule has 0 aromatic rings. The molecule has 0 aliphatic heterocycles. The second kappa shape index (κ2) is 5.01. The van der Waals surface area contributed by atoms with Gasteiger partial charge in [-0.25, -0.2) is 0 Å². The van der Waals surface area contributed by atoms with E-state index >= 15 is 0 Å². The van der Waals surface area contributed by atoms with Gasteiger partial charge in [0.1, 0.15) is 11.9 Å². The molecule has 1 aliphatic rings. The topological polar surface area (TPSA) is 93.1 Å². The number of ether oxygens (including phenoxy) is 2. The molecule has 0 amide bonds. The van der Waals surface area contributed by atoms with Crippen molar-refractivity contribution in [2.24, 2.45) is 0 Å². The average molecular weight is 232 g/mol. The molecule has 0 bridgehead atoms. The van der Waals surface area contributed by atoms with Crippen LogP contribution in [0.25, 0.3) is 0 Å². The molecule has 6 nitrogen and oxygen atoms in total. The van der Waals surface area contributed by atoms with Gasteiger partial charge in [0.05, 0.1) is 6.10 Å². The SMILES string of the molecule is COC1(OC)CCC(=O)CC(O)C(O)C1=O. The van der Waals surface area contributed by atoms with Crippen LogP contribution in [0, 0.1) is 0 Å². The third-order valence-corrected chi connectivity index (χ3v) is 2.84. The molecule has 1 fully saturated rings. The number of hydrogen-bond donors (Lipinski definition) is 2. The van der Waals surface area contributed by atoms with Crippen molar-refractivity contribution in [3.63, 3.8) is 0 Å². The van der Waals surface area contributed by atoms with Crippen LogP contribution in [0.4, 0.5) is 0 Å². The van der Waals surface area contributed by atoms with Gasteiger partial charge in [-0.15, -0.1) is 0 Å². The Balaban J connectivity index is 3.00. The summed E-state index contributed by atoms with van der Waals surface area (Å²) in [6, 6.07) is 0. The van der Waals surface area contributed by atoms with E-state index in [1.165, 1.54) is 14.2 Å². The van der Waals surface area contributed by atoms with Crippen molar-refractivity contribution in [2.45, 2.75) is 37.3 Å². The highest BCUT2D eigenvalue weighted by Gasteiger charge is 2.46. The number of methoxy groups -OCH3 is 2. The molecular formula is C10H16O6. The zero-order chi connectivity index (χ0) is 12.3. The molecule has 1 aliphatic carbocycles. The monoisotopic (exact) mass is 232 g/mol. The Morgan fingerprint density at radius 2 is 1.81 bits per heavy atom. The maximum Gasteiger partial charge on any atom is 0.231 e. The molecular weight excluding hydrogens is 216 g/mol. The van der Waals surface area contributed by atoms with Crippen LogP contribution in [0.15, 0.2) is 0 Å². The minimum Gasteiger partial charge on any atom is -0.389 e. The average Bonchev–Trinajstić information content (AvgIpc) is 2.28. The molecule has 2 unspecified atom stereocenters. The number of hydrogen-bond acceptors (Lipinski definition) is 6. The molecule has 1 saturated carbocycles. The highest BCUT2D eigenvalue weighted by molar-refractivity contribution is 5.93. The summed E-state index contributed by atoms with van der Waals surface area (Å²) in [5.74, 6) is -2.63. The number of carbonyl (C=O) groups excluding carboxylic acids is 2. The molecule has 16 heavy (non-hydrogen) atoms. The smallest absolute Gasteiger partial charge is 0.231 e. The van der Waals surface area contributed by atoms with Crippen LogP contribution in [0.1, 0.15) is 19.3 Å². The summed E-state index contributed by atoms with van der Waals surface area (Å²) < 4.78 is 9.90. The van der Waals surface area contributed by atoms with E-state index < -0.39 is 23.8 Å². The van der Waals surface area contributed by atoms with Gasteiger partial charge in [0.15, 0.2) is 0 Å². The number of carbonyl (C=O) groups is 2. The molecule has 0 spiro atoms. The zero-order valence-electron chi connectivity index (χ0n) is 9.30. The summed E-state index contributed by atoms with van der Waals surface area (Å²) in [6.07, 6.45) is -3.18. The molecule has 2 N–H and O–H groups in total. The molecule has 0 aromatic heterocycles. The quantitative estimate of drug-likeness (QED) is 0.594. The number of rotatable bonds is 2. The Morgan fingerprint density at radius 3 is 2.31 bits per heavy atom. The Kier molecular flexibility index (Phi) is 4.15. The molecule has 2 atom stereocenters. The van der Waals surface area contributed by atoms with Gasteiger partial charge in [0, 0.05) is 33.5 Å². The minimum absolute atomic E-state index is 0.0431. The molecule has 92 valence electrons. The molecule has 0 heterocycles. The lowest BCUT2D eigenvalue weighted by atomic mass is 9.90. The highest BCUT2D eigenvalue weighted by atomic mass is 16.7. The number of Topliss-reactive ketones (excluding diaryl/α,β-unsaturated/α-hetero) is 2. The van der Waals surface area contributed by atoms with Crippen LogP contribution in [-0.2, 0) is 19.1 Å². The third-order valence-electron chi connectivity index (χ3n) is 2.84. The van der Waals surface area contributed by atoms with E-state index in [0.29, 0.717) is 0 Å². The van der Waals surface area contributed by atoms with Gasteiger partial charge in [-0.2, -0.15) is 0 Å². The van der Waals surface area contributed by atoms with Crippen LogP contribution in [0.3, 0.4) is 0 Å². The summed E-state index contributed by atoms with van der Waals surface area (Å²) >= 11 is 0. The van der Waals surface area contributed by atoms with Gasteiger partial charge >= 0.3 is 0 Å². The van der Waals surface area contributed by atoms with E-state index in [4.69, 9.17) is 9.47 Å². The lowest BCUT2D eigenvalue weighted by Crippen LogP contribution is -2.53. The van der Waals surface area contributed by atoms with Crippen molar-refractivity contribution in [2.75, 3.05) is 14.2 Å². The first-order chi connectivity index (χ1) is 7.46. The van der Waals surface area contributed by atoms with Crippen molar-refractivity contribution in [3.8, 4) is 0 Å². The summed E-state index contributed by atoms with van der Waals surface area (Å²) in [4.78, 5) is 23.2. The first kappa shape index (κ1) is 13.2. The van der Waals surface area contributed by atoms with E-state index in [1.54, 1.807) is 0 Å². The van der Waals surface area contributed by atoms with E-state index in [2.05, 4.69) is 0 Å². The molecule has 0 saturated heterocycles. The van der Waals surface area contributed by atoms with Crippen molar-refractivity contribution in [3.05, 3.63) is 0 Å². The van der Waals surface area contributed by atoms with Crippen LogP contribution < -0.4 is 0 Å². The standard InChI is InChI=1S/C10H16O6/c1-15-10(16-2)4-3-6(11)5-7(12)8(13)9(10)14/h7-8,12-13H,3-5H2,1-2H3. The van der Waals surface area contributed by atoms with E-state index in [1.807, 2.05) is 0 Å². The van der Waals surface area contributed by atoms with Gasteiger partial charge < -0.3 is 19.7 Å². The van der Waals surface area contributed by atoms with Crippen LogP contribution in [0.2, 0.25) is 0 Å². The summed E-state index contributed by atoms with van der Waals surface area (Å²) in [6.45, 7) is 0. The summed E-state index contributed by atoms with van der Waals surface area (Å²) in [7, 11) is 2.51. The van der Waals surface area contributed by atoms with E-state index in [0.717, 1.165) is 0 Å². The van der Waals surface area contributed by atoms with E-state index in [-0.39, 0.29) is 25.0 Å². The molecule has 6 heteroatoms. The van der Waals surface area contributed by atoms with Gasteiger partial charge in [-0.1, -0.05) is 0 Å². The zero-order valence-corrected chi connectivity index (χ0v) is 9.30. The molecule has 0 aromatic carbocycles. The summed E-state index contributed by atoms with van der Waals surface area (Å²) in [5.41, 5.74) is 0. The number of aliphatic hydroxyl groups is 2. The second-order valence-electron chi connectivity index (χ2n) is 3.78. The van der Waals surface area contributed by atoms with Crippen molar-refractivity contribution >= 4 is 11.6 Å². The van der Waals surface area contributed by atoms with Crippen molar-refractivity contribution in [1.29, 1.82) is 0 Å². The lowest BCUT2D eigenvalue weighted by Gasteiger charge is -2.33. The Morgan fingerprint density at radius 1 is 1.25 bits per heavy atom. The van der Waals surface area contributed by atoms with Gasteiger partial charge in [-0.05, 0) is 0 Å². The normalized spacial score (nSPS) is 31.0. The first-order valence-corrected chi connectivity index (χ1v) is 4.99. The number of aliphatic hydroxyl groups excluding tert-OH is 2. The highest BCUT2D eigenvalue weighted by Crippen LogP contribution is 2.26. The van der Waals surface area contributed by atoms with Gasteiger partial charge in [-0.3, -0.25) is 9.59 Å². The molecule has 1 rings (SSSR count). The van der Waals surface area contributed by atoms with Crippen molar-refractivity contribution in [1.82, 2.24) is 0 Å². The van der Waals surface area contributed by atoms with Gasteiger partial charge in [0.25, 0.3) is 0 Å². The Hall–Kier alpha value is -0.820. The third kappa shape index (κ3) is 2.30. The predicted molar refractivity (Wildman–Crippen MR) is 52.6 cm³/mol. The Labute approximate surface area is 93.2 Å². The lowest BCUT2D eigenvalue weighted by molar-refractivity contribution is -0.221. The van der Waals surface area contributed by atoms with Crippen LogP contribution in [0.5, 0.6) is 0 Å². The predicted octanol–water partition coefficient (Wildman–Crippen LogP) is -0.981. The van der Waals surface area contributed by atoms with Crippen molar-refractivity contribution < 1.29 is 29.3 Å².